The predicted octanol–water partition coefficient (Wildman–Crippen LogP) is 4.10. The second-order valence-electron chi connectivity index (χ2n) is 6.80. The van der Waals surface area contributed by atoms with Crippen molar-refractivity contribution in [3.05, 3.63) is 71.8 Å². The molecule has 5 nitrogen and oxygen atoms in total. The number of nitrogens with zero attached hydrogens (tertiary/aromatic N) is 1. The van der Waals surface area contributed by atoms with Gasteiger partial charge in [-0.15, -0.1) is 0 Å². The van der Waals surface area contributed by atoms with E-state index in [-0.39, 0.29) is 23.1 Å². The van der Waals surface area contributed by atoms with Gasteiger partial charge in [0.2, 0.25) is 0 Å². The molecule has 0 radical (unpaired) electrons. The number of benzene rings is 2. The first-order valence-electron chi connectivity index (χ1n) is 9.12. The maximum atomic E-state index is 13.3. The number of carbonyl (C=O) groups excluding carboxylic acids is 1. The zero-order valence-electron chi connectivity index (χ0n) is 16.5. The van der Waals surface area contributed by atoms with Gasteiger partial charge in [0, 0.05) is 24.3 Å². The Morgan fingerprint density at radius 3 is 2.45 bits per heavy atom. The highest BCUT2D eigenvalue weighted by Crippen LogP contribution is 2.32. The molecule has 3 aromatic rings. The summed E-state index contributed by atoms with van der Waals surface area (Å²) in [5.41, 5.74) is 3.68. The summed E-state index contributed by atoms with van der Waals surface area (Å²) in [7, 11) is -3.47. The van der Waals surface area contributed by atoms with Gasteiger partial charge in [-0.1, -0.05) is 12.1 Å². The topological polar surface area (TPSA) is 65.4 Å². The minimum atomic E-state index is -3.47. The van der Waals surface area contributed by atoms with Gasteiger partial charge in [-0.3, -0.25) is 4.79 Å². The Bertz CT molecular complexity index is 1150. The van der Waals surface area contributed by atoms with Crippen LogP contribution in [-0.4, -0.2) is 31.8 Å². The normalized spacial score (nSPS) is 11.4. The molecule has 0 spiro atoms. The third kappa shape index (κ3) is 4.74. The fraction of sp³-hybridized carbons (Fsp3) is 0.227. The van der Waals surface area contributed by atoms with Crippen molar-refractivity contribution in [2.24, 2.45) is 0 Å². The van der Waals surface area contributed by atoms with Crippen molar-refractivity contribution in [3.8, 4) is 16.8 Å². The summed E-state index contributed by atoms with van der Waals surface area (Å²) >= 11 is 0. The summed E-state index contributed by atoms with van der Waals surface area (Å²) in [4.78, 5) is 11.9. The van der Waals surface area contributed by atoms with Crippen LogP contribution in [0.5, 0.6) is 0 Å². The molecule has 152 valence electrons. The Balaban J connectivity index is 2.11. The van der Waals surface area contributed by atoms with Crippen LogP contribution in [-0.2, 0) is 25.8 Å². The molecule has 1 heterocycles. The van der Waals surface area contributed by atoms with E-state index in [2.05, 4.69) is 0 Å². The first-order chi connectivity index (χ1) is 13.7. The fourth-order valence-electron chi connectivity index (χ4n) is 3.16. The molecular weight excluding hydrogens is 393 g/mol. The largest absolute Gasteiger partial charge is 0.466 e. The molecule has 0 atom stereocenters. The van der Waals surface area contributed by atoms with Crippen LogP contribution >= 0.6 is 0 Å². The second kappa shape index (κ2) is 8.21. The lowest BCUT2D eigenvalue weighted by molar-refractivity contribution is -0.142. The third-order valence-electron chi connectivity index (χ3n) is 4.62. The zero-order valence-corrected chi connectivity index (χ0v) is 17.3. The lowest BCUT2D eigenvalue weighted by Crippen LogP contribution is -2.07. The van der Waals surface area contributed by atoms with Gasteiger partial charge >= 0.3 is 5.97 Å². The molecule has 1 aromatic heterocycles. The quantitative estimate of drug-likeness (QED) is 0.569. The molecule has 0 aliphatic heterocycles. The fourth-order valence-corrected chi connectivity index (χ4v) is 3.82. The van der Waals surface area contributed by atoms with Crippen LogP contribution in [0.25, 0.3) is 16.8 Å². The molecular formula is C22H22FNO4S. The standard InChI is InChI=1S/C22H22FNO4S/c1-4-28-22(25)11-16-9-10-24(14-16)21-13-19(29(3,26)27)12-20(15(21)2)17-5-7-18(23)8-6-17/h5-10,12-14H,4,11H2,1-3H3. The van der Waals surface area contributed by atoms with E-state index in [1.54, 1.807) is 54.2 Å². The minimum Gasteiger partial charge on any atom is -0.466 e. The molecule has 0 saturated heterocycles. The van der Waals surface area contributed by atoms with Gasteiger partial charge in [0.25, 0.3) is 0 Å². The number of esters is 1. The number of rotatable bonds is 6. The molecule has 0 saturated carbocycles. The number of hydrogen-bond acceptors (Lipinski definition) is 4. The van der Waals surface area contributed by atoms with Gasteiger partial charge < -0.3 is 9.30 Å². The monoisotopic (exact) mass is 415 g/mol. The van der Waals surface area contributed by atoms with Crippen molar-refractivity contribution in [2.45, 2.75) is 25.2 Å². The molecule has 7 heteroatoms. The molecule has 29 heavy (non-hydrogen) atoms. The van der Waals surface area contributed by atoms with Crippen LogP contribution in [0.3, 0.4) is 0 Å². The Morgan fingerprint density at radius 2 is 1.83 bits per heavy atom. The number of hydrogen-bond donors (Lipinski definition) is 0. The van der Waals surface area contributed by atoms with Gasteiger partial charge in [-0.25, -0.2) is 12.8 Å². The molecule has 2 aromatic carbocycles. The van der Waals surface area contributed by atoms with E-state index in [1.165, 1.54) is 12.1 Å². The lowest BCUT2D eigenvalue weighted by atomic mass is 9.99. The van der Waals surface area contributed by atoms with Gasteiger partial charge in [0.15, 0.2) is 9.84 Å². The maximum absolute atomic E-state index is 13.3. The smallest absolute Gasteiger partial charge is 0.310 e. The van der Waals surface area contributed by atoms with E-state index >= 15 is 0 Å². The van der Waals surface area contributed by atoms with E-state index in [9.17, 15) is 17.6 Å². The highest BCUT2D eigenvalue weighted by molar-refractivity contribution is 7.90. The Kier molecular flexibility index (Phi) is 5.88. The SMILES string of the molecule is CCOC(=O)Cc1ccn(-c2cc(S(C)(=O)=O)cc(-c3ccc(F)cc3)c2C)c1. The summed E-state index contributed by atoms with van der Waals surface area (Å²) in [6.07, 6.45) is 4.84. The zero-order chi connectivity index (χ0) is 21.2. The van der Waals surface area contributed by atoms with Crippen LogP contribution in [0.1, 0.15) is 18.1 Å². The van der Waals surface area contributed by atoms with Crippen molar-refractivity contribution < 1.29 is 22.3 Å². The van der Waals surface area contributed by atoms with Crippen molar-refractivity contribution in [3.63, 3.8) is 0 Å². The van der Waals surface area contributed by atoms with Gasteiger partial charge in [0.05, 0.1) is 17.9 Å². The maximum Gasteiger partial charge on any atom is 0.310 e. The molecule has 0 amide bonds. The number of sulfone groups is 1. The van der Waals surface area contributed by atoms with Gasteiger partial charge in [0.1, 0.15) is 5.82 Å². The molecule has 0 bridgehead atoms. The van der Waals surface area contributed by atoms with Crippen LogP contribution in [0, 0.1) is 12.7 Å². The van der Waals surface area contributed by atoms with Crippen molar-refractivity contribution in [2.75, 3.05) is 12.9 Å². The Hall–Kier alpha value is -2.93. The predicted molar refractivity (Wildman–Crippen MR) is 109 cm³/mol. The van der Waals surface area contributed by atoms with Crippen LogP contribution < -0.4 is 0 Å². The van der Waals surface area contributed by atoms with Crippen molar-refractivity contribution in [1.29, 1.82) is 0 Å². The molecule has 0 N–H and O–H groups in total. The number of aromatic nitrogens is 1. The third-order valence-corrected chi connectivity index (χ3v) is 5.72. The van der Waals surface area contributed by atoms with Crippen LogP contribution in [0.2, 0.25) is 0 Å². The number of halogens is 1. The first-order valence-corrected chi connectivity index (χ1v) is 11.0. The average Bonchev–Trinajstić information content (AvgIpc) is 3.10. The minimum absolute atomic E-state index is 0.135. The van der Waals surface area contributed by atoms with Crippen LogP contribution in [0.4, 0.5) is 4.39 Å². The molecule has 0 unspecified atom stereocenters. The van der Waals surface area contributed by atoms with Crippen molar-refractivity contribution >= 4 is 15.8 Å². The van der Waals surface area contributed by atoms with Crippen LogP contribution in [0.15, 0.2) is 59.8 Å². The van der Waals surface area contributed by atoms with E-state index < -0.39 is 9.84 Å². The van der Waals surface area contributed by atoms with E-state index in [0.717, 1.165) is 22.9 Å². The summed E-state index contributed by atoms with van der Waals surface area (Å²) < 4.78 is 44.6. The van der Waals surface area contributed by atoms with E-state index in [4.69, 9.17) is 4.74 Å². The second-order valence-corrected chi connectivity index (χ2v) is 8.82. The molecule has 0 aliphatic rings. The average molecular weight is 415 g/mol. The van der Waals surface area contributed by atoms with Gasteiger partial charge in [-0.05, 0) is 66.4 Å². The Morgan fingerprint density at radius 1 is 1.14 bits per heavy atom. The highest BCUT2D eigenvalue weighted by Gasteiger charge is 2.17. The number of carbonyl (C=O) groups is 1. The first kappa shape index (κ1) is 20.8. The summed E-state index contributed by atoms with van der Waals surface area (Å²) in [5, 5.41) is 0. The number of ether oxygens (including phenoxy) is 1. The lowest BCUT2D eigenvalue weighted by Gasteiger charge is -2.15. The van der Waals surface area contributed by atoms with E-state index in [1.807, 2.05) is 6.92 Å². The van der Waals surface area contributed by atoms with E-state index in [0.29, 0.717) is 17.9 Å². The molecule has 0 aliphatic carbocycles. The Labute approximate surface area is 169 Å². The van der Waals surface area contributed by atoms with Gasteiger partial charge in [-0.2, -0.15) is 0 Å². The summed E-state index contributed by atoms with van der Waals surface area (Å²) in [6, 6.07) is 10.9. The molecule has 0 fully saturated rings. The summed E-state index contributed by atoms with van der Waals surface area (Å²) in [5.74, 6) is -0.682. The highest BCUT2D eigenvalue weighted by atomic mass is 32.2. The molecule has 3 rings (SSSR count). The van der Waals surface area contributed by atoms with Crippen molar-refractivity contribution in [1.82, 2.24) is 4.57 Å². The summed E-state index contributed by atoms with van der Waals surface area (Å²) in [6.45, 7) is 3.95.